The van der Waals surface area contributed by atoms with Crippen molar-refractivity contribution in [3.63, 3.8) is 0 Å². The molecule has 24 heavy (non-hydrogen) atoms. The summed E-state index contributed by atoms with van der Waals surface area (Å²) in [6.07, 6.45) is 4.23. The van der Waals surface area contributed by atoms with E-state index in [1.165, 1.54) is 5.57 Å². The van der Waals surface area contributed by atoms with Gasteiger partial charge >= 0.3 is 0 Å². The molecule has 5 heterocycles. The van der Waals surface area contributed by atoms with Crippen LogP contribution in [0.2, 0.25) is 0 Å². The molecule has 7 unspecified atom stereocenters. The molecule has 5 bridgehead atoms. The Bertz CT molecular complexity index is 831. The summed E-state index contributed by atoms with van der Waals surface area (Å²) >= 11 is 0. The van der Waals surface area contributed by atoms with Crippen LogP contribution in [0.5, 0.6) is 5.75 Å². The number of piperidine rings is 4. The van der Waals surface area contributed by atoms with E-state index in [0.717, 1.165) is 30.6 Å². The molecule has 5 aliphatic heterocycles. The lowest BCUT2D eigenvalue weighted by Crippen LogP contribution is -2.65. The minimum absolute atomic E-state index is 0.121. The van der Waals surface area contributed by atoms with Crippen molar-refractivity contribution in [2.45, 2.75) is 43.3 Å². The monoisotopic (exact) mass is 322 g/mol. The van der Waals surface area contributed by atoms with Crippen LogP contribution in [0.3, 0.4) is 0 Å². The summed E-state index contributed by atoms with van der Waals surface area (Å²) in [5.41, 5.74) is 3.12. The Morgan fingerprint density at radius 1 is 1.33 bits per heavy atom. The number of phenols is 1. The lowest BCUT2D eigenvalue weighted by molar-refractivity contribution is -0.126. The lowest BCUT2D eigenvalue weighted by Gasteiger charge is -2.57. The number of likely N-dealkylation sites (N-methyl/N-ethyl adjacent to an activating group) is 1. The number of rotatable bonds is 0. The van der Waals surface area contributed by atoms with Gasteiger partial charge in [-0.05, 0) is 37.8 Å². The Morgan fingerprint density at radius 2 is 2.17 bits per heavy atom. The number of nitrogens with zero attached hydrogens (tertiary/aromatic N) is 2. The zero-order chi connectivity index (χ0) is 16.4. The molecular formula is C20H22N2O2. The Morgan fingerprint density at radius 3 is 2.96 bits per heavy atom. The number of aromatic hydroxyl groups is 1. The first-order valence-corrected chi connectivity index (χ1v) is 9.10. The molecule has 1 aromatic rings. The number of hydrogen-bond donors (Lipinski definition) is 1. The van der Waals surface area contributed by atoms with Crippen LogP contribution >= 0.6 is 0 Å². The summed E-state index contributed by atoms with van der Waals surface area (Å²) in [5.74, 6) is 1.51. The van der Waals surface area contributed by atoms with Crippen molar-refractivity contribution >= 4 is 11.5 Å². The van der Waals surface area contributed by atoms with Gasteiger partial charge in [-0.2, -0.15) is 0 Å². The van der Waals surface area contributed by atoms with E-state index in [9.17, 15) is 9.90 Å². The summed E-state index contributed by atoms with van der Waals surface area (Å²) < 4.78 is 0. The second-order valence-corrected chi connectivity index (χ2v) is 8.28. The first-order chi connectivity index (χ1) is 11.6. The van der Waals surface area contributed by atoms with Gasteiger partial charge in [0.05, 0.1) is 0 Å². The number of phenolic OH excluding ortho intramolecular Hbond substituents is 1. The van der Waals surface area contributed by atoms with Gasteiger partial charge in [-0.3, -0.25) is 9.69 Å². The maximum absolute atomic E-state index is 13.7. The van der Waals surface area contributed by atoms with Crippen molar-refractivity contribution in [3.8, 4) is 5.75 Å². The maximum Gasteiger partial charge on any atom is 0.164 e. The van der Waals surface area contributed by atoms with Crippen LogP contribution in [-0.2, 0) is 4.79 Å². The summed E-state index contributed by atoms with van der Waals surface area (Å²) in [5, 5.41) is 10.6. The van der Waals surface area contributed by atoms with Crippen LogP contribution in [0.1, 0.15) is 31.2 Å². The predicted molar refractivity (Wildman–Crippen MR) is 91.2 cm³/mol. The van der Waals surface area contributed by atoms with Crippen LogP contribution in [0.15, 0.2) is 29.8 Å². The number of carbonyl (C=O) groups excluding carboxylic acids is 1. The number of Topliss-reactive ketones (excluding diaryl/α,β-unsaturated/α-hetero) is 1. The van der Waals surface area contributed by atoms with Crippen LogP contribution in [0, 0.1) is 11.8 Å². The molecule has 0 radical (unpaired) electrons. The molecule has 0 aromatic heterocycles. The van der Waals surface area contributed by atoms with Crippen LogP contribution in [0.25, 0.3) is 0 Å². The number of fused-ring (bicyclic) bond motifs is 3. The third-order valence-corrected chi connectivity index (χ3v) is 7.89. The van der Waals surface area contributed by atoms with E-state index in [4.69, 9.17) is 0 Å². The molecule has 7 rings (SSSR count). The third kappa shape index (κ3) is 1.13. The van der Waals surface area contributed by atoms with Crippen molar-refractivity contribution < 1.29 is 9.90 Å². The molecule has 5 fully saturated rings. The summed E-state index contributed by atoms with van der Waals surface area (Å²) in [6, 6.07) is 6.55. The highest BCUT2D eigenvalue weighted by atomic mass is 16.3. The normalized spacial score (nSPS) is 48.3. The fourth-order valence-electron chi connectivity index (χ4n) is 7.06. The first kappa shape index (κ1) is 13.5. The molecule has 124 valence electrons. The largest absolute Gasteiger partial charge is 0.508 e. The van der Waals surface area contributed by atoms with E-state index in [1.807, 2.05) is 6.07 Å². The number of carbonyl (C=O) groups is 1. The van der Waals surface area contributed by atoms with Crippen molar-refractivity contribution in [3.05, 3.63) is 35.4 Å². The van der Waals surface area contributed by atoms with E-state index in [-0.39, 0.29) is 11.8 Å². The SMILES string of the molecule is C/C=C1/CN2C3CC45C(=O)C3C1CC2C4c1c(O)cccc1N5C. The number of allylic oxidation sites excluding steroid dienone is 1. The number of anilines is 1. The first-order valence-electron chi connectivity index (χ1n) is 9.10. The van der Waals surface area contributed by atoms with Crippen molar-refractivity contribution in [1.29, 1.82) is 0 Å². The zero-order valence-electron chi connectivity index (χ0n) is 14.1. The number of hydrogen-bond acceptors (Lipinski definition) is 4. The zero-order valence-corrected chi connectivity index (χ0v) is 14.1. The van der Waals surface area contributed by atoms with Gasteiger partial charge in [0.2, 0.25) is 0 Å². The fraction of sp³-hybridized carbons (Fsp3) is 0.550. The van der Waals surface area contributed by atoms with Gasteiger partial charge in [0, 0.05) is 48.8 Å². The van der Waals surface area contributed by atoms with Gasteiger partial charge in [0.1, 0.15) is 11.3 Å². The Hall–Kier alpha value is -1.81. The number of benzene rings is 1. The van der Waals surface area contributed by atoms with Gasteiger partial charge in [-0.1, -0.05) is 17.7 Å². The van der Waals surface area contributed by atoms with Crippen molar-refractivity contribution in [2.24, 2.45) is 11.8 Å². The second-order valence-electron chi connectivity index (χ2n) is 8.28. The highest BCUT2D eigenvalue weighted by Crippen LogP contribution is 2.68. The van der Waals surface area contributed by atoms with Gasteiger partial charge in [0.15, 0.2) is 5.78 Å². The molecule has 1 spiro atoms. The highest BCUT2D eigenvalue weighted by molar-refractivity contribution is 6.02. The smallest absolute Gasteiger partial charge is 0.164 e. The summed E-state index contributed by atoms with van der Waals surface area (Å²) in [4.78, 5) is 18.5. The van der Waals surface area contributed by atoms with Gasteiger partial charge in [-0.25, -0.2) is 0 Å². The molecule has 1 N–H and O–H groups in total. The third-order valence-electron chi connectivity index (χ3n) is 7.89. The predicted octanol–water partition coefficient (Wildman–Crippen LogP) is 2.29. The molecular weight excluding hydrogens is 300 g/mol. The second kappa shape index (κ2) is 3.88. The average molecular weight is 322 g/mol. The summed E-state index contributed by atoms with van der Waals surface area (Å²) in [7, 11) is 2.07. The average Bonchev–Trinajstić information content (AvgIpc) is 2.99. The van der Waals surface area contributed by atoms with Gasteiger partial charge in [0.25, 0.3) is 0 Å². The van der Waals surface area contributed by atoms with E-state index in [0.29, 0.717) is 29.5 Å². The summed E-state index contributed by atoms with van der Waals surface area (Å²) in [6.45, 7) is 3.13. The quantitative estimate of drug-likeness (QED) is 0.744. The Balaban J connectivity index is 1.64. The lowest BCUT2D eigenvalue weighted by atomic mass is 9.65. The topological polar surface area (TPSA) is 43.8 Å². The van der Waals surface area contributed by atoms with Crippen LogP contribution < -0.4 is 4.90 Å². The minimum atomic E-state index is -0.421. The standard InChI is InChI=1S/C20H22N2O2/c1-3-10-9-22-13-7-11(10)16-14(22)8-20(19(16)24)18(13)17-12(21(20)2)5-4-6-15(17)23/h3-6,11,13-14,16,18,23H,7-9H2,1-2H3/b10-3-. The highest BCUT2D eigenvalue weighted by Gasteiger charge is 2.75. The number of ketones is 1. The molecule has 7 atom stereocenters. The molecule has 1 aromatic carbocycles. The van der Waals surface area contributed by atoms with Gasteiger partial charge < -0.3 is 10.0 Å². The minimum Gasteiger partial charge on any atom is -0.508 e. The van der Waals surface area contributed by atoms with Crippen LogP contribution in [-0.4, -0.2) is 47.0 Å². The molecule has 6 aliphatic rings. The van der Waals surface area contributed by atoms with E-state index < -0.39 is 5.54 Å². The maximum atomic E-state index is 13.7. The fourth-order valence-corrected chi connectivity index (χ4v) is 7.06. The molecule has 1 saturated carbocycles. The van der Waals surface area contributed by atoms with Gasteiger partial charge in [-0.15, -0.1) is 0 Å². The Labute approximate surface area is 141 Å². The molecule has 4 saturated heterocycles. The van der Waals surface area contributed by atoms with Crippen LogP contribution in [0.4, 0.5) is 5.69 Å². The Kier molecular flexibility index (Phi) is 2.18. The van der Waals surface area contributed by atoms with Crippen molar-refractivity contribution in [2.75, 3.05) is 18.5 Å². The molecule has 1 aliphatic carbocycles. The molecule has 0 amide bonds. The van der Waals surface area contributed by atoms with E-state index in [1.54, 1.807) is 6.07 Å². The molecule has 4 heteroatoms. The van der Waals surface area contributed by atoms with E-state index >= 15 is 0 Å². The van der Waals surface area contributed by atoms with E-state index in [2.05, 4.69) is 35.9 Å². The van der Waals surface area contributed by atoms with Crippen molar-refractivity contribution in [1.82, 2.24) is 4.90 Å². The molecule has 4 nitrogen and oxygen atoms in total.